The Balaban J connectivity index is 2.10. The molecule has 2 aromatic heterocycles. The summed E-state index contributed by atoms with van der Waals surface area (Å²) in [5, 5.41) is 19.7. The maximum absolute atomic E-state index is 10.0. The molecule has 0 unspecified atom stereocenters. The summed E-state index contributed by atoms with van der Waals surface area (Å²) < 4.78 is 1.73. The Bertz CT molecular complexity index is 608. The number of allylic oxidation sites excluding steroid dienone is 1. The van der Waals surface area contributed by atoms with Crippen molar-refractivity contribution in [3.63, 3.8) is 0 Å². The van der Waals surface area contributed by atoms with Gasteiger partial charge in [0.2, 0.25) is 0 Å². The second-order valence-corrected chi connectivity index (χ2v) is 4.30. The summed E-state index contributed by atoms with van der Waals surface area (Å²) in [6.07, 6.45) is 5.19. The Hall–Kier alpha value is -1.99. The van der Waals surface area contributed by atoms with Crippen LogP contribution < -0.4 is 5.73 Å². The van der Waals surface area contributed by atoms with E-state index in [1.54, 1.807) is 17.0 Å². The van der Waals surface area contributed by atoms with Gasteiger partial charge in [0, 0.05) is 0 Å². The SMILES string of the molecule is Nc1ncnc2c1ncn2[C@@H]1CC=C[C@@H](O)[C@H]1O. The van der Waals surface area contributed by atoms with Crippen LogP contribution in [0.1, 0.15) is 12.5 Å². The first-order valence-corrected chi connectivity index (χ1v) is 5.64. The van der Waals surface area contributed by atoms with Crippen molar-refractivity contribution in [2.45, 2.75) is 24.7 Å². The van der Waals surface area contributed by atoms with E-state index in [2.05, 4.69) is 15.0 Å². The molecule has 7 heteroatoms. The summed E-state index contributed by atoms with van der Waals surface area (Å²) in [5.41, 5.74) is 6.78. The third-order valence-electron chi connectivity index (χ3n) is 3.20. The summed E-state index contributed by atoms with van der Waals surface area (Å²) in [6, 6.07) is -0.302. The molecule has 1 aliphatic rings. The number of hydrogen-bond donors (Lipinski definition) is 3. The molecule has 0 amide bonds. The molecular formula is C11H13N5O2. The lowest BCUT2D eigenvalue weighted by molar-refractivity contribution is 0.00756. The number of fused-ring (bicyclic) bond motifs is 1. The average Bonchev–Trinajstić information content (AvgIpc) is 2.78. The van der Waals surface area contributed by atoms with Crippen molar-refractivity contribution in [3.8, 4) is 0 Å². The highest BCUT2D eigenvalue weighted by atomic mass is 16.3. The van der Waals surface area contributed by atoms with Crippen molar-refractivity contribution in [1.29, 1.82) is 0 Å². The maximum atomic E-state index is 10.0. The Morgan fingerprint density at radius 1 is 1.28 bits per heavy atom. The molecule has 0 bridgehead atoms. The fraction of sp³-hybridized carbons (Fsp3) is 0.364. The fourth-order valence-electron chi connectivity index (χ4n) is 2.23. The number of imidazole rings is 1. The molecule has 0 aromatic carbocycles. The molecule has 0 spiro atoms. The van der Waals surface area contributed by atoms with Crippen LogP contribution in [0, 0.1) is 0 Å². The number of nitrogen functional groups attached to an aromatic ring is 1. The molecule has 2 aromatic rings. The predicted octanol–water partition coefficient (Wildman–Crippen LogP) is -0.369. The van der Waals surface area contributed by atoms with Gasteiger partial charge in [-0.2, -0.15) is 0 Å². The predicted molar refractivity (Wildman–Crippen MR) is 64.5 cm³/mol. The highest BCUT2D eigenvalue weighted by Gasteiger charge is 2.30. The Kier molecular flexibility index (Phi) is 2.49. The zero-order valence-corrected chi connectivity index (χ0v) is 9.51. The number of nitrogens with two attached hydrogens (primary N) is 1. The van der Waals surface area contributed by atoms with E-state index in [0.29, 0.717) is 23.4 Å². The van der Waals surface area contributed by atoms with Crippen LogP contribution in [0.3, 0.4) is 0 Å². The quantitative estimate of drug-likeness (QED) is 0.593. The number of rotatable bonds is 1. The number of hydrogen-bond acceptors (Lipinski definition) is 6. The summed E-state index contributed by atoms with van der Waals surface area (Å²) in [6.45, 7) is 0. The van der Waals surface area contributed by atoms with Gasteiger partial charge in [-0.3, -0.25) is 0 Å². The highest BCUT2D eigenvalue weighted by molar-refractivity contribution is 5.81. The first kappa shape index (κ1) is 11.1. The number of aliphatic hydroxyl groups excluding tert-OH is 2. The van der Waals surface area contributed by atoms with Crippen LogP contribution in [0.2, 0.25) is 0 Å². The number of aliphatic hydroxyl groups is 2. The lowest BCUT2D eigenvalue weighted by Gasteiger charge is -2.29. The second-order valence-electron chi connectivity index (χ2n) is 4.30. The van der Waals surface area contributed by atoms with Gasteiger partial charge in [-0.25, -0.2) is 15.0 Å². The van der Waals surface area contributed by atoms with E-state index in [9.17, 15) is 10.2 Å². The summed E-state index contributed by atoms with van der Waals surface area (Å²) in [4.78, 5) is 12.1. The average molecular weight is 247 g/mol. The van der Waals surface area contributed by atoms with Crippen LogP contribution in [-0.2, 0) is 0 Å². The third kappa shape index (κ3) is 1.56. The second kappa shape index (κ2) is 4.04. The molecule has 7 nitrogen and oxygen atoms in total. The van der Waals surface area contributed by atoms with E-state index >= 15 is 0 Å². The topological polar surface area (TPSA) is 110 Å². The van der Waals surface area contributed by atoms with Crippen molar-refractivity contribution in [3.05, 3.63) is 24.8 Å². The molecule has 18 heavy (non-hydrogen) atoms. The number of anilines is 1. The van der Waals surface area contributed by atoms with Gasteiger partial charge in [0.15, 0.2) is 11.5 Å². The molecule has 0 fully saturated rings. The number of aromatic nitrogens is 4. The zero-order chi connectivity index (χ0) is 12.7. The van der Waals surface area contributed by atoms with Crippen molar-refractivity contribution in [2.75, 3.05) is 5.73 Å². The smallest absolute Gasteiger partial charge is 0.165 e. The van der Waals surface area contributed by atoms with Crippen LogP contribution in [0.15, 0.2) is 24.8 Å². The lowest BCUT2D eigenvalue weighted by atomic mass is 9.96. The molecule has 3 rings (SSSR count). The van der Waals surface area contributed by atoms with Gasteiger partial charge < -0.3 is 20.5 Å². The van der Waals surface area contributed by atoms with Gasteiger partial charge in [0.25, 0.3) is 0 Å². The standard InChI is InChI=1S/C11H13N5O2/c12-10-8-11(14-4-13-10)16(5-15-8)6-2-1-3-7(17)9(6)18/h1,3-7,9,17-18H,2H2,(H2,12,13,14)/t6-,7-,9+/m1/s1. The van der Waals surface area contributed by atoms with Gasteiger partial charge in [0.05, 0.1) is 12.4 Å². The molecule has 3 atom stereocenters. The first-order valence-electron chi connectivity index (χ1n) is 5.64. The molecule has 0 aliphatic heterocycles. The van der Waals surface area contributed by atoms with Crippen LogP contribution in [0.25, 0.3) is 11.2 Å². The van der Waals surface area contributed by atoms with Crippen molar-refractivity contribution in [2.24, 2.45) is 0 Å². The van der Waals surface area contributed by atoms with E-state index in [1.165, 1.54) is 6.33 Å². The van der Waals surface area contributed by atoms with E-state index in [-0.39, 0.29) is 6.04 Å². The van der Waals surface area contributed by atoms with Gasteiger partial charge in [-0.1, -0.05) is 12.2 Å². The van der Waals surface area contributed by atoms with E-state index in [4.69, 9.17) is 5.73 Å². The van der Waals surface area contributed by atoms with Gasteiger partial charge in [0.1, 0.15) is 24.1 Å². The lowest BCUT2D eigenvalue weighted by Crippen LogP contribution is -2.36. The van der Waals surface area contributed by atoms with Crippen LogP contribution >= 0.6 is 0 Å². The minimum Gasteiger partial charge on any atom is -0.388 e. The van der Waals surface area contributed by atoms with Gasteiger partial charge in [-0.05, 0) is 6.42 Å². The van der Waals surface area contributed by atoms with E-state index < -0.39 is 12.2 Å². The van der Waals surface area contributed by atoms with Crippen molar-refractivity contribution < 1.29 is 10.2 Å². The minimum atomic E-state index is -0.886. The fourth-order valence-corrected chi connectivity index (χ4v) is 2.23. The van der Waals surface area contributed by atoms with Crippen molar-refractivity contribution >= 4 is 17.0 Å². The van der Waals surface area contributed by atoms with Crippen LogP contribution in [-0.4, -0.2) is 41.9 Å². The van der Waals surface area contributed by atoms with E-state index in [0.717, 1.165) is 0 Å². The van der Waals surface area contributed by atoms with Gasteiger partial charge >= 0.3 is 0 Å². The van der Waals surface area contributed by atoms with Crippen LogP contribution in [0.4, 0.5) is 5.82 Å². The molecule has 0 saturated carbocycles. The molecule has 1 aliphatic carbocycles. The summed E-state index contributed by atoms with van der Waals surface area (Å²) >= 11 is 0. The Morgan fingerprint density at radius 2 is 2.11 bits per heavy atom. The number of nitrogens with zero attached hydrogens (tertiary/aromatic N) is 4. The Labute approximate surface area is 103 Å². The van der Waals surface area contributed by atoms with E-state index in [1.807, 2.05) is 6.08 Å². The molecule has 0 saturated heterocycles. The minimum absolute atomic E-state index is 0.302. The molecule has 4 N–H and O–H groups in total. The zero-order valence-electron chi connectivity index (χ0n) is 9.51. The maximum Gasteiger partial charge on any atom is 0.165 e. The van der Waals surface area contributed by atoms with Gasteiger partial charge in [-0.15, -0.1) is 0 Å². The summed E-state index contributed by atoms with van der Waals surface area (Å²) in [5.74, 6) is 0.306. The molecular weight excluding hydrogens is 234 g/mol. The Morgan fingerprint density at radius 3 is 2.94 bits per heavy atom. The van der Waals surface area contributed by atoms with Crippen LogP contribution in [0.5, 0.6) is 0 Å². The molecule has 0 radical (unpaired) electrons. The van der Waals surface area contributed by atoms with Crippen molar-refractivity contribution in [1.82, 2.24) is 19.5 Å². The third-order valence-corrected chi connectivity index (χ3v) is 3.20. The highest BCUT2D eigenvalue weighted by Crippen LogP contribution is 2.28. The monoisotopic (exact) mass is 247 g/mol. The molecule has 2 heterocycles. The normalized spacial score (nSPS) is 27.8. The largest absolute Gasteiger partial charge is 0.388 e. The summed E-state index contributed by atoms with van der Waals surface area (Å²) in [7, 11) is 0. The first-order chi connectivity index (χ1) is 8.68. The molecule has 94 valence electrons.